The second kappa shape index (κ2) is 4.28. The summed E-state index contributed by atoms with van der Waals surface area (Å²) in [6.07, 6.45) is 8.62. The second-order valence-corrected chi connectivity index (χ2v) is 5.95. The van der Waals surface area contributed by atoms with Gasteiger partial charge in [-0.1, -0.05) is 6.42 Å². The quantitative estimate of drug-likeness (QED) is 0.754. The minimum atomic E-state index is -0.359. The lowest BCUT2D eigenvalue weighted by Gasteiger charge is -2.39. The molecule has 2 saturated heterocycles. The molecule has 16 heavy (non-hydrogen) atoms. The fraction of sp³-hybridized carbons (Fsp3) is 1.00. The molecule has 0 aromatic carbocycles. The molecule has 3 nitrogen and oxygen atoms in total. The van der Waals surface area contributed by atoms with Crippen molar-refractivity contribution < 1.29 is 5.11 Å². The van der Waals surface area contributed by atoms with Crippen molar-refractivity contribution >= 4 is 0 Å². The van der Waals surface area contributed by atoms with Crippen LogP contribution in [0.3, 0.4) is 0 Å². The number of aliphatic hydroxyl groups is 1. The largest absolute Gasteiger partial charge is 0.389 e. The fourth-order valence-electron chi connectivity index (χ4n) is 3.57. The molecule has 3 heteroatoms. The van der Waals surface area contributed by atoms with Crippen molar-refractivity contribution in [2.75, 3.05) is 19.6 Å². The Bertz CT molecular complexity index is 252. The van der Waals surface area contributed by atoms with Gasteiger partial charge in [0.15, 0.2) is 0 Å². The molecule has 0 radical (unpaired) electrons. The molecule has 3 rings (SSSR count). The summed E-state index contributed by atoms with van der Waals surface area (Å²) in [6.45, 7) is 3.38. The van der Waals surface area contributed by atoms with Crippen LogP contribution < -0.4 is 5.32 Å². The zero-order chi connectivity index (χ0) is 11.0. The molecule has 1 saturated carbocycles. The van der Waals surface area contributed by atoms with Gasteiger partial charge >= 0.3 is 0 Å². The van der Waals surface area contributed by atoms with E-state index in [1.807, 2.05) is 0 Å². The summed E-state index contributed by atoms with van der Waals surface area (Å²) in [5, 5.41) is 13.7. The molecule has 0 bridgehead atoms. The van der Waals surface area contributed by atoms with E-state index in [0.29, 0.717) is 6.04 Å². The molecule has 2 unspecified atom stereocenters. The Morgan fingerprint density at radius 2 is 2.00 bits per heavy atom. The number of rotatable bonds is 3. The fourth-order valence-corrected chi connectivity index (χ4v) is 3.57. The highest BCUT2D eigenvalue weighted by atomic mass is 16.3. The lowest BCUT2D eigenvalue weighted by Crippen LogP contribution is -2.52. The van der Waals surface area contributed by atoms with Crippen molar-refractivity contribution in [2.45, 2.75) is 62.6 Å². The summed E-state index contributed by atoms with van der Waals surface area (Å²) in [5.41, 5.74) is -0.359. The van der Waals surface area contributed by atoms with Crippen LogP contribution in [0.15, 0.2) is 0 Å². The monoisotopic (exact) mass is 224 g/mol. The molecule has 3 fully saturated rings. The van der Waals surface area contributed by atoms with E-state index >= 15 is 0 Å². The summed E-state index contributed by atoms with van der Waals surface area (Å²) >= 11 is 0. The molecule has 2 aliphatic heterocycles. The van der Waals surface area contributed by atoms with E-state index in [-0.39, 0.29) is 5.60 Å². The van der Waals surface area contributed by atoms with Gasteiger partial charge in [0.25, 0.3) is 0 Å². The molecule has 0 aromatic heterocycles. The summed E-state index contributed by atoms with van der Waals surface area (Å²) in [6, 6.07) is 1.40. The van der Waals surface area contributed by atoms with Gasteiger partial charge in [0.1, 0.15) is 0 Å². The van der Waals surface area contributed by atoms with Gasteiger partial charge in [-0.25, -0.2) is 0 Å². The lowest BCUT2D eigenvalue weighted by atomic mass is 9.80. The van der Waals surface area contributed by atoms with Gasteiger partial charge in [-0.2, -0.15) is 0 Å². The molecule has 0 spiro atoms. The van der Waals surface area contributed by atoms with Crippen molar-refractivity contribution in [3.63, 3.8) is 0 Å². The number of nitrogens with zero attached hydrogens (tertiary/aromatic N) is 1. The molecule has 3 aliphatic rings. The van der Waals surface area contributed by atoms with Crippen molar-refractivity contribution in [1.82, 2.24) is 10.2 Å². The third kappa shape index (κ3) is 2.01. The zero-order valence-electron chi connectivity index (χ0n) is 10.1. The Kier molecular flexibility index (Phi) is 2.94. The van der Waals surface area contributed by atoms with E-state index in [1.54, 1.807) is 0 Å². The van der Waals surface area contributed by atoms with Crippen LogP contribution in [0.25, 0.3) is 0 Å². The third-order valence-corrected chi connectivity index (χ3v) is 4.83. The van der Waals surface area contributed by atoms with E-state index in [0.717, 1.165) is 25.4 Å². The van der Waals surface area contributed by atoms with E-state index in [9.17, 15) is 5.11 Å². The Hall–Kier alpha value is -0.120. The summed E-state index contributed by atoms with van der Waals surface area (Å²) < 4.78 is 0. The van der Waals surface area contributed by atoms with Gasteiger partial charge in [0.2, 0.25) is 0 Å². The topological polar surface area (TPSA) is 35.5 Å². The normalized spacial score (nSPS) is 38.1. The highest BCUT2D eigenvalue weighted by Gasteiger charge is 2.39. The molecular weight excluding hydrogens is 200 g/mol. The standard InChI is InChI=1S/C13H24N2O/c16-13(6-3-7-13)10-14-11-5-9-15-8-2-1-4-12(11)15/h11-12,14,16H,1-10H2. The van der Waals surface area contributed by atoms with Gasteiger partial charge in [-0.15, -0.1) is 0 Å². The Balaban J connectivity index is 1.51. The number of nitrogens with one attached hydrogen (secondary N) is 1. The molecule has 2 atom stereocenters. The maximum atomic E-state index is 10.1. The number of piperidine rings is 1. The van der Waals surface area contributed by atoms with Crippen molar-refractivity contribution in [2.24, 2.45) is 0 Å². The van der Waals surface area contributed by atoms with Crippen molar-refractivity contribution in [1.29, 1.82) is 0 Å². The smallest absolute Gasteiger partial charge is 0.0771 e. The van der Waals surface area contributed by atoms with Gasteiger partial charge in [0, 0.05) is 25.2 Å². The molecule has 2 N–H and O–H groups in total. The van der Waals surface area contributed by atoms with Crippen LogP contribution in [0.4, 0.5) is 0 Å². The van der Waals surface area contributed by atoms with Gasteiger partial charge in [-0.05, 0) is 45.1 Å². The first-order valence-electron chi connectivity index (χ1n) is 6.97. The van der Waals surface area contributed by atoms with Gasteiger partial charge in [-0.3, -0.25) is 4.90 Å². The predicted octanol–water partition coefficient (Wildman–Crippen LogP) is 1.12. The minimum Gasteiger partial charge on any atom is -0.389 e. The first-order valence-corrected chi connectivity index (χ1v) is 6.97. The van der Waals surface area contributed by atoms with Crippen molar-refractivity contribution in [3.05, 3.63) is 0 Å². The van der Waals surface area contributed by atoms with Gasteiger partial charge < -0.3 is 10.4 Å². The maximum absolute atomic E-state index is 10.1. The molecule has 0 aromatic rings. The number of hydrogen-bond donors (Lipinski definition) is 2. The zero-order valence-corrected chi connectivity index (χ0v) is 10.1. The Morgan fingerprint density at radius 1 is 1.12 bits per heavy atom. The van der Waals surface area contributed by atoms with Crippen LogP contribution in [0.1, 0.15) is 44.9 Å². The van der Waals surface area contributed by atoms with E-state index < -0.39 is 0 Å². The number of hydrogen-bond acceptors (Lipinski definition) is 3. The summed E-state index contributed by atoms with van der Waals surface area (Å²) in [7, 11) is 0. The van der Waals surface area contributed by atoms with Crippen LogP contribution in [-0.4, -0.2) is 47.3 Å². The SMILES string of the molecule is OC1(CNC2CCN3CCCCC23)CCC1. The summed E-state index contributed by atoms with van der Waals surface area (Å²) in [5.74, 6) is 0. The minimum absolute atomic E-state index is 0.359. The lowest BCUT2D eigenvalue weighted by molar-refractivity contribution is -0.0341. The molecule has 92 valence electrons. The van der Waals surface area contributed by atoms with E-state index in [4.69, 9.17) is 0 Å². The average molecular weight is 224 g/mol. The third-order valence-electron chi connectivity index (χ3n) is 4.83. The maximum Gasteiger partial charge on any atom is 0.0771 e. The second-order valence-electron chi connectivity index (χ2n) is 5.95. The van der Waals surface area contributed by atoms with E-state index in [1.165, 1.54) is 45.2 Å². The van der Waals surface area contributed by atoms with Crippen LogP contribution in [-0.2, 0) is 0 Å². The van der Waals surface area contributed by atoms with Crippen LogP contribution in [0.2, 0.25) is 0 Å². The van der Waals surface area contributed by atoms with Crippen LogP contribution in [0.5, 0.6) is 0 Å². The van der Waals surface area contributed by atoms with E-state index in [2.05, 4.69) is 10.2 Å². The van der Waals surface area contributed by atoms with Crippen LogP contribution >= 0.6 is 0 Å². The predicted molar refractivity (Wildman–Crippen MR) is 64.4 cm³/mol. The van der Waals surface area contributed by atoms with Crippen LogP contribution in [0, 0.1) is 0 Å². The molecular formula is C13H24N2O. The average Bonchev–Trinajstić information content (AvgIpc) is 2.67. The van der Waals surface area contributed by atoms with Gasteiger partial charge in [0.05, 0.1) is 5.60 Å². The highest BCUT2D eigenvalue weighted by molar-refractivity contribution is 4.97. The molecule has 1 aliphatic carbocycles. The Labute approximate surface area is 98.2 Å². The summed E-state index contributed by atoms with van der Waals surface area (Å²) in [4.78, 5) is 2.64. The Morgan fingerprint density at radius 3 is 2.75 bits per heavy atom. The first-order chi connectivity index (χ1) is 7.77. The van der Waals surface area contributed by atoms with Crippen molar-refractivity contribution in [3.8, 4) is 0 Å². The molecule has 2 heterocycles. The first kappa shape index (κ1) is 11.0. The molecule has 0 amide bonds. The highest BCUT2D eigenvalue weighted by Crippen LogP contribution is 2.32. The number of fused-ring (bicyclic) bond motifs is 1.